The van der Waals surface area contributed by atoms with Crippen LogP contribution in [0.3, 0.4) is 0 Å². The first kappa shape index (κ1) is 24.5. The number of aryl methyl sites for hydroxylation is 1. The quantitative estimate of drug-likeness (QED) is 0.503. The van der Waals surface area contributed by atoms with Crippen molar-refractivity contribution in [2.75, 3.05) is 30.4 Å². The van der Waals surface area contributed by atoms with Gasteiger partial charge in [0.05, 0.1) is 24.5 Å². The highest BCUT2D eigenvalue weighted by atomic mass is 32.2. The standard InChI is InChI=1S/C24H28F3N7OS/c1-28-24(35)33-6-3-21-18(13-33)23(31-34(21)15-4-7-36-8-5-15)30-20-10-17(22(26)27)16(9-19(20)25)14-11-29-32(2)12-14/h9-12,15,22H,3-8,13H2,1-2H3,(H,28,35)(H,30,31). The minimum Gasteiger partial charge on any atom is -0.341 e. The zero-order valence-corrected chi connectivity index (χ0v) is 20.9. The number of rotatable bonds is 5. The van der Waals surface area contributed by atoms with E-state index in [0.29, 0.717) is 30.9 Å². The maximum absolute atomic E-state index is 15.3. The molecule has 0 aliphatic carbocycles. The highest BCUT2D eigenvalue weighted by Crippen LogP contribution is 2.38. The van der Waals surface area contributed by atoms with Crippen LogP contribution in [-0.4, -0.2) is 55.6 Å². The first-order valence-corrected chi connectivity index (χ1v) is 13.0. The molecule has 4 heterocycles. The molecule has 1 aromatic carbocycles. The minimum absolute atomic E-state index is 0.0818. The fourth-order valence-corrected chi connectivity index (χ4v) is 6.00. The molecule has 2 N–H and O–H groups in total. The average molecular weight is 520 g/mol. The predicted octanol–water partition coefficient (Wildman–Crippen LogP) is 4.87. The van der Waals surface area contributed by atoms with E-state index in [1.54, 1.807) is 25.2 Å². The molecule has 2 amide bonds. The second-order valence-corrected chi connectivity index (χ2v) is 10.3. The second-order valence-electron chi connectivity index (χ2n) is 9.04. The lowest BCUT2D eigenvalue weighted by Crippen LogP contribution is -2.41. The minimum atomic E-state index is -2.81. The van der Waals surface area contributed by atoms with Crippen LogP contribution < -0.4 is 10.6 Å². The fraction of sp³-hybridized carbons (Fsp3) is 0.458. The Bertz CT molecular complexity index is 1270. The lowest BCUT2D eigenvalue weighted by atomic mass is 10.0. The Labute approximate surface area is 211 Å². The van der Waals surface area contributed by atoms with Crippen molar-refractivity contribution in [3.63, 3.8) is 0 Å². The molecule has 192 valence electrons. The maximum atomic E-state index is 15.3. The van der Waals surface area contributed by atoms with Crippen LogP contribution in [0.2, 0.25) is 0 Å². The van der Waals surface area contributed by atoms with Crippen LogP contribution in [0.1, 0.15) is 42.1 Å². The first-order valence-electron chi connectivity index (χ1n) is 11.9. The number of anilines is 2. The van der Waals surface area contributed by atoms with Crippen LogP contribution in [0.4, 0.5) is 29.5 Å². The number of alkyl halides is 2. The number of nitrogens with zero attached hydrogens (tertiary/aromatic N) is 5. The van der Waals surface area contributed by atoms with Gasteiger partial charge < -0.3 is 15.5 Å². The number of amides is 2. The van der Waals surface area contributed by atoms with Gasteiger partial charge >= 0.3 is 6.03 Å². The molecule has 1 fully saturated rings. The molecule has 12 heteroatoms. The van der Waals surface area contributed by atoms with E-state index in [1.165, 1.54) is 10.9 Å². The monoisotopic (exact) mass is 519 g/mol. The summed E-state index contributed by atoms with van der Waals surface area (Å²) in [4.78, 5) is 14.0. The van der Waals surface area contributed by atoms with Crippen LogP contribution in [0.25, 0.3) is 11.1 Å². The van der Waals surface area contributed by atoms with Crippen LogP contribution in [0.15, 0.2) is 24.5 Å². The summed E-state index contributed by atoms with van der Waals surface area (Å²) in [6, 6.07) is 2.26. The molecule has 5 rings (SSSR count). The van der Waals surface area contributed by atoms with Gasteiger partial charge in [-0.15, -0.1) is 0 Å². The molecule has 0 unspecified atom stereocenters. The third-order valence-corrected chi connectivity index (χ3v) is 7.82. The normalized spacial score (nSPS) is 16.3. The molecule has 3 aromatic rings. The van der Waals surface area contributed by atoms with Crippen molar-refractivity contribution in [3.8, 4) is 11.1 Å². The molecule has 0 saturated carbocycles. The lowest BCUT2D eigenvalue weighted by molar-refractivity contribution is 0.152. The van der Waals surface area contributed by atoms with E-state index in [4.69, 9.17) is 5.10 Å². The van der Waals surface area contributed by atoms with E-state index < -0.39 is 12.2 Å². The number of carbonyl (C=O) groups excluding carboxylic acids is 1. The Morgan fingerprint density at radius 2 is 2.03 bits per heavy atom. The van der Waals surface area contributed by atoms with Crippen molar-refractivity contribution in [3.05, 3.63) is 47.2 Å². The highest BCUT2D eigenvalue weighted by molar-refractivity contribution is 7.99. The Kier molecular flexibility index (Phi) is 6.87. The molecule has 0 radical (unpaired) electrons. The summed E-state index contributed by atoms with van der Waals surface area (Å²) < 4.78 is 46.8. The second kappa shape index (κ2) is 10.1. The number of carbonyl (C=O) groups is 1. The molecule has 2 aliphatic rings. The molecule has 36 heavy (non-hydrogen) atoms. The molecular weight excluding hydrogens is 491 g/mol. The van der Waals surface area contributed by atoms with Crippen molar-refractivity contribution in [1.29, 1.82) is 0 Å². The molecule has 8 nitrogen and oxygen atoms in total. The van der Waals surface area contributed by atoms with Crippen LogP contribution >= 0.6 is 11.8 Å². The number of aromatic nitrogens is 4. The van der Waals surface area contributed by atoms with Gasteiger partial charge in [0.2, 0.25) is 0 Å². The van der Waals surface area contributed by atoms with Crippen molar-refractivity contribution in [1.82, 2.24) is 29.8 Å². The third-order valence-electron chi connectivity index (χ3n) is 6.77. The number of halogens is 3. The van der Waals surface area contributed by atoms with Crippen molar-refractivity contribution >= 4 is 29.3 Å². The van der Waals surface area contributed by atoms with Crippen molar-refractivity contribution < 1.29 is 18.0 Å². The smallest absolute Gasteiger partial charge is 0.317 e. The molecule has 0 atom stereocenters. The molecule has 1 saturated heterocycles. The summed E-state index contributed by atoms with van der Waals surface area (Å²) in [5, 5.41) is 14.5. The van der Waals surface area contributed by atoms with Crippen molar-refractivity contribution in [2.24, 2.45) is 7.05 Å². The summed E-state index contributed by atoms with van der Waals surface area (Å²) in [6.45, 7) is 0.846. The number of hydrogen-bond donors (Lipinski definition) is 2. The Hall–Kier alpha value is -3.15. The van der Waals surface area contributed by atoms with Crippen LogP contribution in [0.5, 0.6) is 0 Å². The number of fused-ring (bicyclic) bond motifs is 1. The Morgan fingerprint density at radius 1 is 1.25 bits per heavy atom. The topological polar surface area (TPSA) is 80.0 Å². The van der Waals surface area contributed by atoms with Gasteiger partial charge in [0, 0.05) is 55.6 Å². The van der Waals surface area contributed by atoms with Gasteiger partial charge in [-0.1, -0.05) is 0 Å². The van der Waals surface area contributed by atoms with E-state index >= 15 is 4.39 Å². The zero-order valence-electron chi connectivity index (χ0n) is 20.1. The van der Waals surface area contributed by atoms with E-state index in [-0.39, 0.29) is 28.9 Å². The molecular formula is C24H28F3N7OS. The van der Waals surface area contributed by atoms with E-state index in [0.717, 1.165) is 47.7 Å². The molecule has 2 aromatic heterocycles. The van der Waals surface area contributed by atoms with E-state index in [9.17, 15) is 13.6 Å². The third kappa shape index (κ3) is 4.65. The first-order chi connectivity index (χ1) is 17.4. The van der Waals surface area contributed by atoms with Crippen LogP contribution in [-0.2, 0) is 20.0 Å². The lowest BCUT2D eigenvalue weighted by Gasteiger charge is -2.29. The summed E-state index contributed by atoms with van der Waals surface area (Å²) in [5.41, 5.74) is 1.93. The Balaban J connectivity index is 1.54. The van der Waals surface area contributed by atoms with Crippen molar-refractivity contribution in [2.45, 2.75) is 38.3 Å². The van der Waals surface area contributed by atoms with Gasteiger partial charge in [-0.2, -0.15) is 22.0 Å². The largest absolute Gasteiger partial charge is 0.341 e. The number of thioether (sulfide) groups is 1. The number of hydrogen-bond acceptors (Lipinski definition) is 5. The number of benzene rings is 1. The van der Waals surface area contributed by atoms with Gasteiger partial charge in [-0.25, -0.2) is 18.0 Å². The summed E-state index contributed by atoms with van der Waals surface area (Å²) >= 11 is 1.91. The van der Waals surface area contributed by atoms with E-state index in [1.807, 2.05) is 16.4 Å². The molecule has 0 bridgehead atoms. The zero-order chi connectivity index (χ0) is 25.4. The maximum Gasteiger partial charge on any atom is 0.317 e. The van der Waals surface area contributed by atoms with Crippen LogP contribution in [0, 0.1) is 5.82 Å². The van der Waals surface area contributed by atoms with Gasteiger partial charge in [0.15, 0.2) is 5.82 Å². The highest BCUT2D eigenvalue weighted by Gasteiger charge is 2.31. The van der Waals surface area contributed by atoms with Gasteiger partial charge in [-0.05, 0) is 42.0 Å². The summed E-state index contributed by atoms with van der Waals surface area (Å²) in [7, 11) is 3.25. The van der Waals surface area contributed by atoms with E-state index in [2.05, 4.69) is 15.7 Å². The van der Waals surface area contributed by atoms with Gasteiger partial charge in [0.25, 0.3) is 6.43 Å². The fourth-order valence-electron chi connectivity index (χ4n) is 4.91. The SMILES string of the molecule is CNC(=O)N1CCc2c(c(Nc3cc(C(F)F)c(-c4cnn(C)c4)cc3F)nn2C2CCSCC2)C1. The van der Waals surface area contributed by atoms with Gasteiger partial charge in [0.1, 0.15) is 5.82 Å². The summed E-state index contributed by atoms with van der Waals surface area (Å²) in [5.74, 6) is 1.79. The summed E-state index contributed by atoms with van der Waals surface area (Å²) in [6.07, 6.45) is 2.76. The number of urea groups is 1. The average Bonchev–Trinajstić information content (AvgIpc) is 3.48. The number of nitrogens with one attached hydrogen (secondary N) is 2. The van der Waals surface area contributed by atoms with Gasteiger partial charge in [-0.3, -0.25) is 9.36 Å². The predicted molar refractivity (Wildman–Crippen MR) is 133 cm³/mol. The Morgan fingerprint density at radius 3 is 2.69 bits per heavy atom. The molecule has 0 spiro atoms. The molecule has 2 aliphatic heterocycles.